The quantitative estimate of drug-likeness (QED) is 0.766. The lowest BCUT2D eigenvalue weighted by molar-refractivity contribution is -0.132. The Kier molecular flexibility index (Phi) is 6.19. The molecular formula is C20H23ClN2O3S. The number of rotatable bonds is 5. The fourth-order valence-electron chi connectivity index (χ4n) is 3.12. The van der Waals surface area contributed by atoms with Gasteiger partial charge in [0.05, 0.1) is 4.90 Å². The Morgan fingerprint density at radius 3 is 2.33 bits per heavy atom. The summed E-state index contributed by atoms with van der Waals surface area (Å²) in [7, 11) is -3.49. The summed E-state index contributed by atoms with van der Waals surface area (Å²) >= 11 is 6.13. The molecule has 0 radical (unpaired) electrons. The first-order valence-electron chi connectivity index (χ1n) is 8.96. The van der Waals surface area contributed by atoms with E-state index in [2.05, 4.69) is 0 Å². The van der Waals surface area contributed by atoms with Crippen molar-refractivity contribution in [1.82, 2.24) is 9.21 Å². The second kappa shape index (κ2) is 8.42. The lowest BCUT2D eigenvalue weighted by Crippen LogP contribution is -2.50. The van der Waals surface area contributed by atoms with E-state index in [1.807, 2.05) is 25.1 Å². The number of hydrogen-bond acceptors (Lipinski definition) is 3. The zero-order valence-corrected chi connectivity index (χ0v) is 16.8. The minimum Gasteiger partial charge on any atom is -0.340 e. The summed E-state index contributed by atoms with van der Waals surface area (Å²) in [5.74, 6) is 0.0449. The van der Waals surface area contributed by atoms with Crippen molar-refractivity contribution in [3.8, 4) is 0 Å². The van der Waals surface area contributed by atoms with Crippen LogP contribution in [0.15, 0.2) is 53.4 Å². The second-order valence-electron chi connectivity index (χ2n) is 6.68. The molecule has 1 aliphatic rings. The molecule has 1 fully saturated rings. The van der Waals surface area contributed by atoms with Crippen LogP contribution >= 0.6 is 11.6 Å². The Hall–Kier alpha value is -1.89. The largest absolute Gasteiger partial charge is 0.340 e. The highest BCUT2D eigenvalue weighted by Crippen LogP contribution is 2.19. The van der Waals surface area contributed by atoms with Gasteiger partial charge in [-0.05, 0) is 42.7 Å². The highest BCUT2D eigenvalue weighted by molar-refractivity contribution is 7.89. The molecule has 0 spiro atoms. The van der Waals surface area contributed by atoms with Crippen molar-refractivity contribution in [2.45, 2.75) is 24.7 Å². The maximum atomic E-state index is 12.6. The number of amides is 1. The van der Waals surface area contributed by atoms with Gasteiger partial charge < -0.3 is 4.90 Å². The van der Waals surface area contributed by atoms with Crippen LogP contribution in [0.1, 0.15) is 17.5 Å². The molecule has 1 amide bonds. The number of aryl methyl sites for hydroxylation is 2. The number of piperazine rings is 1. The van der Waals surface area contributed by atoms with Gasteiger partial charge in [0.25, 0.3) is 0 Å². The van der Waals surface area contributed by atoms with Gasteiger partial charge >= 0.3 is 0 Å². The smallest absolute Gasteiger partial charge is 0.243 e. The number of nitrogens with zero attached hydrogens (tertiary/aromatic N) is 2. The minimum atomic E-state index is -3.49. The van der Waals surface area contributed by atoms with Gasteiger partial charge in [-0.15, -0.1) is 0 Å². The summed E-state index contributed by atoms with van der Waals surface area (Å²) in [6.45, 7) is 3.41. The Morgan fingerprint density at radius 2 is 1.70 bits per heavy atom. The molecule has 2 aromatic carbocycles. The summed E-state index contributed by atoms with van der Waals surface area (Å²) in [5.41, 5.74) is 2.05. The number of hydrogen-bond donors (Lipinski definition) is 0. The van der Waals surface area contributed by atoms with Crippen LogP contribution < -0.4 is 0 Å². The highest BCUT2D eigenvalue weighted by atomic mass is 35.5. The van der Waals surface area contributed by atoms with Gasteiger partial charge in [-0.2, -0.15) is 4.31 Å². The Labute approximate surface area is 165 Å². The summed E-state index contributed by atoms with van der Waals surface area (Å²) in [6.07, 6.45) is 1.02. The van der Waals surface area contributed by atoms with Crippen LogP contribution in [0.2, 0.25) is 5.02 Å². The minimum absolute atomic E-state index is 0.0449. The van der Waals surface area contributed by atoms with Gasteiger partial charge in [0.15, 0.2) is 0 Å². The molecule has 2 aromatic rings. The van der Waals surface area contributed by atoms with E-state index in [4.69, 9.17) is 11.6 Å². The van der Waals surface area contributed by atoms with Gasteiger partial charge in [0.2, 0.25) is 15.9 Å². The molecule has 0 saturated carbocycles. The van der Waals surface area contributed by atoms with Crippen LogP contribution in [0, 0.1) is 6.92 Å². The third-order valence-electron chi connectivity index (χ3n) is 4.84. The highest BCUT2D eigenvalue weighted by Gasteiger charge is 2.29. The van der Waals surface area contributed by atoms with E-state index in [-0.39, 0.29) is 5.91 Å². The predicted octanol–water partition coefficient (Wildman–Crippen LogP) is 3.11. The summed E-state index contributed by atoms with van der Waals surface area (Å²) in [6, 6.07) is 14.2. The SMILES string of the molecule is Cc1ccc(CCC(=O)N2CCN(S(=O)(=O)c3ccccc3)CC2)cc1Cl. The monoisotopic (exact) mass is 406 g/mol. The summed E-state index contributed by atoms with van der Waals surface area (Å²) < 4.78 is 26.7. The Morgan fingerprint density at radius 1 is 1.04 bits per heavy atom. The fraction of sp³-hybridized carbons (Fsp3) is 0.350. The van der Waals surface area contributed by atoms with Crippen molar-refractivity contribution in [2.75, 3.05) is 26.2 Å². The van der Waals surface area contributed by atoms with Crippen molar-refractivity contribution >= 4 is 27.5 Å². The molecule has 1 heterocycles. The van der Waals surface area contributed by atoms with Gasteiger partial charge in [0, 0.05) is 37.6 Å². The third kappa shape index (κ3) is 4.69. The zero-order valence-electron chi connectivity index (χ0n) is 15.3. The molecule has 7 heteroatoms. The molecule has 0 N–H and O–H groups in total. The first kappa shape index (κ1) is 19.9. The van der Waals surface area contributed by atoms with Crippen LogP contribution in [-0.4, -0.2) is 49.7 Å². The van der Waals surface area contributed by atoms with Gasteiger partial charge in [-0.3, -0.25) is 4.79 Å². The normalized spacial score (nSPS) is 15.7. The maximum Gasteiger partial charge on any atom is 0.243 e. The lowest BCUT2D eigenvalue weighted by atomic mass is 10.1. The number of halogens is 1. The molecule has 0 unspecified atom stereocenters. The first-order chi connectivity index (χ1) is 12.9. The summed E-state index contributed by atoms with van der Waals surface area (Å²) in [4.78, 5) is 14.5. The molecule has 0 bridgehead atoms. The molecule has 27 heavy (non-hydrogen) atoms. The average molecular weight is 407 g/mol. The van der Waals surface area contributed by atoms with Crippen LogP contribution in [-0.2, 0) is 21.2 Å². The van der Waals surface area contributed by atoms with E-state index in [0.29, 0.717) is 48.9 Å². The number of carbonyl (C=O) groups is 1. The first-order valence-corrected chi connectivity index (χ1v) is 10.8. The molecule has 0 atom stereocenters. The van der Waals surface area contributed by atoms with E-state index < -0.39 is 10.0 Å². The fourth-order valence-corrected chi connectivity index (χ4v) is 4.77. The van der Waals surface area contributed by atoms with E-state index in [1.54, 1.807) is 35.2 Å². The molecular weight excluding hydrogens is 384 g/mol. The zero-order chi connectivity index (χ0) is 19.4. The lowest BCUT2D eigenvalue weighted by Gasteiger charge is -2.34. The molecule has 5 nitrogen and oxygen atoms in total. The van der Waals surface area contributed by atoms with Gasteiger partial charge in [-0.1, -0.05) is 41.9 Å². The van der Waals surface area contributed by atoms with E-state index in [0.717, 1.165) is 11.1 Å². The second-order valence-corrected chi connectivity index (χ2v) is 9.03. The van der Waals surface area contributed by atoms with Crippen molar-refractivity contribution in [3.63, 3.8) is 0 Å². The maximum absolute atomic E-state index is 12.6. The molecule has 1 saturated heterocycles. The molecule has 3 rings (SSSR count). The summed E-state index contributed by atoms with van der Waals surface area (Å²) in [5, 5.41) is 0.708. The predicted molar refractivity (Wildman–Crippen MR) is 106 cm³/mol. The van der Waals surface area contributed by atoms with Gasteiger partial charge in [0.1, 0.15) is 0 Å². The Bertz CT molecular complexity index is 908. The Balaban J connectivity index is 1.54. The van der Waals surface area contributed by atoms with Crippen molar-refractivity contribution < 1.29 is 13.2 Å². The van der Waals surface area contributed by atoms with Gasteiger partial charge in [-0.25, -0.2) is 8.42 Å². The van der Waals surface area contributed by atoms with Crippen molar-refractivity contribution in [2.24, 2.45) is 0 Å². The molecule has 144 valence electrons. The van der Waals surface area contributed by atoms with E-state index in [9.17, 15) is 13.2 Å². The molecule has 0 aromatic heterocycles. The van der Waals surface area contributed by atoms with E-state index >= 15 is 0 Å². The standard InChI is InChI=1S/C20H23ClN2O3S/c1-16-7-8-17(15-19(16)21)9-10-20(24)22-11-13-23(14-12-22)27(25,26)18-5-3-2-4-6-18/h2-8,15H,9-14H2,1H3. The van der Waals surface area contributed by atoms with Crippen molar-refractivity contribution in [3.05, 3.63) is 64.7 Å². The van der Waals surface area contributed by atoms with Crippen LogP contribution in [0.5, 0.6) is 0 Å². The van der Waals surface area contributed by atoms with Crippen LogP contribution in [0.3, 0.4) is 0 Å². The molecule has 0 aliphatic carbocycles. The van der Waals surface area contributed by atoms with Crippen LogP contribution in [0.25, 0.3) is 0 Å². The van der Waals surface area contributed by atoms with E-state index in [1.165, 1.54) is 4.31 Å². The average Bonchev–Trinajstić information content (AvgIpc) is 2.69. The number of benzene rings is 2. The van der Waals surface area contributed by atoms with Crippen LogP contribution in [0.4, 0.5) is 0 Å². The third-order valence-corrected chi connectivity index (χ3v) is 7.16. The number of carbonyl (C=O) groups excluding carboxylic acids is 1. The molecule has 1 aliphatic heterocycles. The van der Waals surface area contributed by atoms with Crippen molar-refractivity contribution in [1.29, 1.82) is 0 Å². The number of sulfonamides is 1. The topological polar surface area (TPSA) is 57.7 Å².